The number of rotatable bonds is 6. The van der Waals surface area contributed by atoms with Gasteiger partial charge < -0.3 is 15.4 Å². The van der Waals surface area contributed by atoms with Crippen LogP contribution in [0.2, 0.25) is 5.02 Å². The summed E-state index contributed by atoms with van der Waals surface area (Å²) < 4.78 is 44.7. The van der Waals surface area contributed by atoms with Crippen LogP contribution in [0, 0.1) is 5.92 Å². The third-order valence-corrected chi connectivity index (χ3v) is 5.96. The molecule has 0 unspecified atom stereocenters. The Morgan fingerprint density at radius 3 is 2.58 bits per heavy atom. The fourth-order valence-electron chi connectivity index (χ4n) is 3.71. The maximum atomic E-state index is 13.1. The first-order valence-corrected chi connectivity index (χ1v) is 10.7. The molecule has 2 fully saturated rings. The number of anilines is 2. The summed E-state index contributed by atoms with van der Waals surface area (Å²) in [7, 11) is 0. The number of nitrogens with one attached hydrogen (secondary N) is 2. The van der Waals surface area contributed by atoms with Crippen molar-refractivity contribution in [2.24, 2.45) is 5.92 Å². The van der Waals surface area contributed by atoms with Crippen molar-refractivity contribution < 1.29 is 22.7 Å². The van der Waals surface area contributed by atoms with Crippen LogP contribution in [0.25, 0.3) is 0 Å². The lowest BCUT2D eigenvalue weighted by atomic mass is 10.00. The number of hydrogen-bond donors (Lipinski definition) is 2. The monoisotopic (exact) mass is 453 g/mol. The predicted molar refractivity (Wildman–Crippen MR) is 112 cm³/mol. The molecule has 9 heteroatoms. The molecule has 2 N–H and O–H groups in total. The Labute approximate surface area is 183 Å². The van der Waals surface area contributed by atoms with Crippen molar-refractivity contribution in [1.82, 2.24) is 10.3 Å². The average molecular weight is 454 g/mol. The molecule has 166 valence electrons. The van der Waals surface area contributed by atoms with Crippen LogP contribution in [0.15, 0.2) is 30.5 Å². The molecular formula is C22H23ClF3N3O2. The van der Waals surface area contributed by atoms with Crippen molar-refractivity contribution in [1.29, 1.82) is 0 Å². The number of nitrogens with zero attached hydrogens (tertiary/aromatic N) is 1. The van der Waals surface area contributed by atoms with Gasteiger partial charge in [-0.1, -0.05) is 11.6 Å². The molecule has 1 aromatic carbocycles. The zero-order valence-electron chi connectivity index (χ0n) is 16.8. The van der Waals surface area contributed by atoms with Crippen LogP contribution in [-0.4, -0.2) is 30.6 Å². The van der Waals surface area contributed by atoms with E-state index in [9.17, 15) is 18.0 Å². The lowest BCUT2D eigenvalue weighted by Gasteiger charge is -2.22. The number of carbonyl (C=O) groups is 1. The molecule has 1 saturated heterocycles. The second-order valence-corrected chi connectivity index (χ2v) is 8.42. The number of pyridine rings is 1. The topological polar surface area (TPSA) is 63.2 Å². The lowest BCUT2D eigenvalue weighted by molar-refractivity contribution is -0.137. The molecule has 2 aromatic rings. The van der Waals surface area contributed by atoms with Gasteiger partial charge in [-0.2, -0.15) is 13.2 Å². The van der Waals surface area contributed by atoms with Gasteiger partial charge in [0.25, 0.3) is 5.91 Å². The molecule has 1 saturated carbocycles. The van der Waals surface area contributed by atoms with E-state index in [4.69, 9.17) is 16.3 Å². The number of alkyl halides is 3. The molecule has 0 bridgehead atoms. The number of hydrogen-bond acceptors (Lipinski definition) is 4. The molecule has 4 rings (SSSR count). The number of aromatic nitrogens is 1. The Bertz CT molecular complexity index is 958. The Kier molecular flexibility index (Phi) is 6.39. The van der Waals surface area contributed by atoms with E-state index in [1.54, 1.807) is 6.07 Å². The summed E-state index contributed by atoms with van der Waals surface area (Å²) in [6.07, 6.45) is 0.755. The molecule has 31 heavy (non-hydrogen) atoms. The first kappa shape index (κ1) is 21.9. The van der Waals surface area contributed by atoms with Crippen LogP contribution in [0.4, 0.5) is 24.7 Å². The van der Waals surface area contributed by atoms with Gasteiger partial charge in [-0.15, -0.1) is 0 Å². The van der Waals surface area contributed by atoms with Gasteiger partial charge in [0.1, 0.15) is 5.82 Å². The van der Waals surface area contributed by atoms with Crippen molar-refractivity contribution in [2.75, 3.05) is 25.1 Å². The van der Waals surface area contributed by atoms with Gasteiger partial charge in [0.05, 0.1) is 16.1 Å². The number of benzene rings is 1. The van der Waals surface area contributed by atoms with Crippen molar-refractivity contribution in [2.45, 2.75) is 37.8 Å². The average Bonchev–Trinajstić information content (AvgIpc) is 3.59. The predicted octanol–water partition coefficient (Wildman–Crippen LogP) is 5.53. The molecule has 0 spiro atoms. The lowest BCUT2D eigenvalue weighted by Crippen LogP contribution is -2.32. The molecule has 1 amide bonds. The van der Waals surface area contributed by atoms with Gasteiger partial charge >= 0.3 is 6.18 Å². The summed E-state index contributed by atoms with van der Waals surface area (Å²) in [5.41, 5.74) is 0.701. The quantitative estimate of drug-likeness (QED) is 0.603. The van der Waals surface area contributed by atoms with E-state index >= 15 is 0 Å². The Morgan fingerprint density at radius 2 is 1.90 bits per heavy atom. The zero-order valence-corrected chi connectivity index (χ0v) is 17.5. The maximum absolute atomic E-state index is 13.1. The summed E-state index contributed by atoms with van der Waals surface area (Å²) in [5.74, 6) is 0.892. The Morgan fingerprint density at radius 1 is 1.16 bits per heavy atom. The highest BCUT2D eigenvalue weighted by atomic mass is 35.5. The van der Waals surface area contributed by atoms with E-state index < -0.39 is 11.7 Å². The van der Waals surface area contributed by atoms with E-state index in [1.807, 2.05) is 0 Å². The van der Waals surface area contributed by atoms with Crippen molar-refractivity contribution in [3.8, 4) is 0 Å². The Hall–Kier alpha value is -2.32. The van der Waals surface area contributed by atoms with Crippen LogP contribution in [0.3, 0.4) is 0 Å². The highest BCUT2D eigenvalue weighted by molar-refractivity contribution is 6.31. The fraction of sp³-hybridized carbons (Fsp3) is 0.455. The van der Waals surface area contributed by atoms with Gasteiger partial charge in [0.2, 0.25) is 0 Å². The van der Waals surface area contributed by atoms with Crippen LogP contribution >= 0.6 is 11.6 Å². The largest absolute Gasteiger partial charge is 0.417 e. The zero-order chi connectivity index (χ0) is 22.0. The van der Waals surface area contributed by atoms with Gasteiger partial charge in [-0.3, -0.25) is 4.79 Å². The van der Waals surface area contributed by atoms with Gasteiger partial charge in [0.15, 0.2) is 0 Å². The van der Waals surface area contributed by atoms with Gasteiger partial charge in [0, 0.05) is 31.6 Å². The van der Waals surface area contributed by atoms with E-state index in [2.05, 4.69) is 15.6 Å². The molecule has 0 radical (unpaired) electrons. The number of carbonyl (C=O) groups excluding carboxylic acids is 1. The normalized spacial score (nSPS) is 17.4. The first-order chi connectivity index (χ1) is 14.8. The molecule has 5 nitrogen and oxygen atoms in total. The van der Waals surface area contributed by atoms with E-state index in [0.29, 0.717) is 23.8 Å². The number of ether oxygens (including phenoxy) is 1. The maximum Gasteiger partial charge on any atom is 0.417 e. The highest BCUT2D eigenvalue weighted by Gasteiger charge is 2.33. The molecule has 1 aliphatic carbocycles. The molecular weight excluding hydrogens is 431 g/mol. The summed E-state index contributed by atoms with van der Waals surface area (Å²) >= 11 is 5.69. The van der Waals surface area contributed by atoms with Crippen LogP contribution in [0.1, 0.15) is 53.1 Å². The second kappa shape index (κ2) is 9.04. The molecule has 2 aliphatic rings. The van der Waals surface area contributed by atoms with Crippen LogP contribution in [-0.2, 0) is 10.9 Å². The van der Waals surface area contributed by atoms with Gasteiger partial charge in [-0.25, -0.2) is 4.98 Å². The SMILES string of the molecule is O=C(NCC1CCOCC1)c1cnc(Nc2ccc(Cl)c(C(F)(F)F)c2)cc1C1CC1. The minimum absolute atomic E-state index is 0.168. The highest BCUT2D eigenvalue weighted by Crippen LogP contribution is 2.42. The fourth-order valence-corrected chi connectivity index (χ4v) is 3.94. The minimum atomic E-state index is -4.55. The standard InChI is InChI=1S/C22H23ClF3N3O2/c23-19-4-3-15(9-18(19)22(24,25)26)29-20-10-16(14-1-2-14)17(12-27-20)21(30)28-11-13-5-7-31-8-6-13/h3-4,9-10,12-14H,1-2,5-8,11H2,(H,27,29)(H,28,30). The van der Waals surface area contributed by atoms with E-state index in [0.717, 1.165) is 50.5 Å². The van der Waals surface area contributed by atoms with Crippen molar-refractivity contribution in [3.05, 3.63) is 52.2 Å². The first-order valence-electron chi connectivity index (χ1n) is 10.3. The van der Waals surface area contributed by atoms with E-state index in [-0.39, 0.29) is 22.5 Å². The third kappa shape index (κ3) is 5.49. The molecule has 2 heterocycles. The summed E-state index contributed by atoms with van der Waals surface area (Å²) in [6.45, 7) is 2.03. The molecule has 1 aliphatic heterocycles. The number of halogens is 4. The third-order valence-electron chi connectivity index (χ3n) is 5.63. The van der Waals surface area contributed by atoms with E-state index in [1.165, 1.54) is 18.3 Å². The Balaban J connectivity index is 1.49. The summed E-state index contributed by atoms with van der Waals surface area (Å²) in [6, 6.07) is 5.37. The smallest absolute Gasteiger partial charge is 0.381 e. The second-order valence-electron chi connectivity index (χ2n) is 8.01. The summed E-state index contributed by atoms with van der Waals surface area (Å²) in [5, 5.41) is 5.54. The molecule has 1 aromatic heterocycles. The van der Waals surface area contributed by atoms with Crippen LogP contribution in [0.5, 0.6) is 0 Å². The molecule has 0 atom stereocenters. The van der Waals surface area contributed by atoms with Gasteiger partial charge in [-0.05, 0) is 67.3 Å². The summed E-state index contributed by atoms with van der Waals surface area (Å²) in [4.78, 5) is 17.0. The van der Waals surface area contributed by atoms with Crippen LogP contribution < -0.4 is 10.6 Å². The number of amides is 1. The van der Waals surface area contributed by atoms with Crippen molar-refractivity contribution >= 4 is 29.0 Å². The minimum Gasteiger partial charge on any atom is -0.381 e. The van der Waals surface area contributed by atoms with Crippen molar-refractivity contribution in [3.63, 3.8) is 0 Å².